The highest BCUT2D eigenvalue weighted by atomic mass is 16.4. The third kappa shape index (κ3) is 4.61. The molecule has 2 atom stereocenters. The summed E-state index contributed by atoms with van der Waals surface area (Å²) in [5.41, 5.74) is 0.200. The van der Waals surface area contributed by atoms with E-state index in [1.165, 1.54) is 0 Å². The van der Waals surface area contributed by atoms with Crippen molar-refractivity contribution in [3.63, 3.8) is 0 Å². The van der Waals surface area contributed by atoms with E-state index in [0.717, 1.165) is 12.2 Å². The number of carboxylic acids is 1. The van der Waals surface area contributed by atoms with Gasteiger partial charge in [-0.2, -0.15) is 0 Å². The van der Waals surface area contributed by atoms with Crippen molar-refractivity contribution in [3.05, 3.63) is 5.82 Å². The van der Waals surface area contributed by atoms with Crippen LogP contribution in [0.4, 0.5) is 0 Å². The van der Waals surface area contributed by atoms with Crippen molar-refractivity contribution in [1.82, 2.24) is 20.2 Å². The number of tetrazole rings is 1. The summed E-state index contributed by atoms with van der Waals surface area (Å²) >= 11 is 0. The SMILES string of the molecule is CC(CCn1nnnc1CC(C)C(C)(C)C)C(=O)O. The number of aromatic nitrogens is 4. The van der Waals surface area contributed by atoms with Crippen molar-refractivity contribution in [1.29, 1.82) is 0 Å². The molecule has 0 aliphatic carbocycles. The number of carbonyl (C=O) groups is 1. The maximum Gasteiger partial charge on any atom is 0.306 e. The third-order valence-electron chi connectivity index (χ3n) is 3.77. The first-order valence-corrected chi connectivity index (χ1v) is 6.69. The zero-order valence-corrected chi connectivity index (χ0v) is 12.4. The molecule has 108 valence electrons. The molecule has 1 rings (SSSR count). The Balaban J connectivity index is 2.63. The zero-order chi connectivity index (χ0) is 14.6. The lowest BCUT2D eigenvalue weighted by atomic mass is 9.80. The predicted molar refractivity (Wildman–Crippen MR) is 71.6 cm³/mol. The predicted octanol–water partition coefficient (Wildman–Crippen LogP) is 2.01. The Bertz CT molecular complexity index is 423. The van der Waals surface area contributed by atoms with Crippen molar-refractivity contribution in [2.75, 3.05) is 0 Å². The second kappa shape index (κ2) is 6.12. The summed E-state index contributed by atoms with van der Waals surface area (Å²) in [6.45, 7) is 11.0. The van der Waals surface area contributed by atoms with Gasteiger partial charge in [0.05, 0.1) is 5.92 Å². The Morgan fingerprint density at radius 1 is 1.37 bits per heavy atom. The Kier molecular flexibility index (Phi) is 5.03. The van der Waals surface area contributed by atoms with Gasteiger partial charge in [0, 0.05) is 13.0 Å². The van der Waals surface area contributed by atoms with E-state index in [4.69, 9.17) is 5.11 Å². The average Bonchev–Trinajstić information content (AvgIpc) is 2.71. The van der Waals surface area contributed by atoms with E-state index in [9.17, 15) is 4.79 Å². The Labute approximate surface area is 114 Å². The molecule has 6 nitrogen and oxygen atoms in total. The molecule has 0 saturated heterocycles. The molecular formula is C13H24N4O2. The van der Waals surface area contributed by atoms with Crippen LogP contribution >= 0.6 is 0 Å². The maximum absolute atomic E-state index is 10.8. The van der Waals surface area contributed by atoms with Gasteiger partial charge in [-0.3, -0.25) is 4.79 Å². The van der Waals surface area contributed by atoms with Crippen molar-refractivity contribution in [2.45, 2.75) is 54.0 Å². The molecule has 1 aromatic heterocycles. The highest BCUT2D eigenvalue weighted by molar-refractivity contribution is 5.69. The molecule has 0 spiro atoms. The van der Waals surface area contributed by atoms with Crippen molar-refractivity contribution >= 4 is 5.97 Å². The van der Waals surface area contributed by atoms with E-state index >= 15 is 0 Å². The van der Waals surface area contributed by atoms with Gasteiger partial charge in [-0.05, 0) is 28.2 Å². The molecular weight excluding hydrogens is 244 g/mol. The van der Waals surface area contributed by atoms with Crippen LogP contribution in [0, 0.1) is 17.3 Å². The van der Waals surface area contributed by atoms with Crippen molar-refractivity contribution in [2.24, 2.45) is 17.3 Å². The van der Waals surface area contributed by atoms with Crippen LogP contribution in [0.15, 0.2) is 0 Å². The second-order valence-electron chi connectivity index (χ2n) is 6.32. The zero-order valence-electron chi connectivity index (χ0n) is 12.4. The first kappa shape index (κ1) is 15.6. The maximum atomic E-state index is 10.8. The monoisotopic (exact) mass is 268 g/mol. The van der Waals surface area contributed by atoms with E-state index in [0.29, 0.717) is 18.9 Å². The number of rotatable bonds is 6. The van der Waals surface area contributed by atoms with Crippen LogP contribution in [-0.2, 0) is 17.8 Å². The van der Waals surface area contributed by atoms with Crippen LogP contribution in [0.25, 0.3) is 0 Å². The fraction of sp³-hybridized carbons (Fsp3) is 0.846. The molecule has 19 heavy (non-hydrogen) atoms. The average molecular weight is 268 g/mol. The highest BCUT2D eigenvalue weighted by Gasteiger charge is 2.23. The van der Waals surface area contributed by atoms with Gasteiger partial charge >= 0.3 is 5.97 Å². The van der Waals surface area contributed by atoms with Crippen LogP contribution in [0.2, 0.25) is 0 Å². The molecule has 0 fully saturated rings. The van der Waals surface area contributed by atoms with Gasteiger partial charge < -0.3 is 5.11 Å². The van der Waals surface area contributed by atoms with Gasteiger partial charge in [-0.1, -0.05) is 34.6 Å². The smallest absolute Gasteiger partial charge is 0.306 e. The molecule has 1 aromatic rings. The van der Waals surface area contributed by atoms with E-state index < -0.39 is 5.97 Å². The number of aryl methyl sites for hydroxylation is 1. The normalized spacial score (nSPS) is 15.2. The lowest BCUT2D eigenvalue weighted by molar-refractivity contribution is -0.141. The van der Waals surface area contributed by atoms with Gasteiger partial charge in [-0.15, -0.1) is 5.10 Å². The first-order chi connectivity index (χ1) is 8.71. The quantitative estimate of drug-likeness (QED) is 0.853. The minimum Gasteiger partial charge on any atom is -0.481 e. The van der Waals surface area contributed by atoms with Crippen molar-refractivity contribution < 1.29 is 9.90 Å². The van der Waals surface area contributed by atoms with Crippen LogP contribution in [-0.4, -0.2) is 31.3 Å². The largest absolute Gasteiger partial charge is 0.481 e. The standard InChI is InChI=1S/C13H24N4O2/c1-9(12(18)19)6-7-17-11(14-15-16-17)8-10(2)13(3,4)5/h9-10H,6-8H2,1-5H3,(H,18,19). The Hall–Kier alpha value is -1.46. The van der Waals surface area contributed by atoms with E-state index in [2.05, 4.69) is 43.2 Å². The van der Waals surface area contributed by atoms with E-state index in [1.807, 2.05) is 0 Å². The fourth-order valence-electron chi connectivity index (χ4n) is 1.56. The second-order valence-corrected chi connectivity index (χ2v) is 6.32. The molecule has 0 aromatic carbocycles. The molecule has 0 aliphatic rings. The van der Waals surface area contributed by atoms with Gasteiger partial charge in [0.2, 0.25) is 0 Å². The molecule has 6 heteroatoms. The lowest BCUT2D eigenvalue weighted by Gasteiger charge is -2.26. The summed E-state index contributed by atoms with van der Waals surface area (Å²) in [5.74, 6) is 0.129. The van der Waals surface area contributed by atoms with E-state index in [1.54, 1.807) is 11.6 Å². The summed E-state index contributed by atoms with van der Waals surface area (Å²) < 4.78 is 1.72. The molecule has 0 amide bonds. The molecule has 0 bridgehead atoms. The van der Waals surface area contributed by atoms with Gasteiger partial charge in [-0.25, -0.2) is 4.68 Å². The third-order valence-corrected chi connectivity index (χ3v) is 3.77. The molecule has 1 heterocycles. The summed E-state index contributed by atoms with van der Waals surface area (Å²) in [5, 5.41) is 20.6. The summed E-state index contributed by atoms with van der Waals surface area (Å²) in [6.07, 6.45) is 1.34. The van der Waals surface area contributed by atoms with Crippen LogP contribution in [0.3, 0.4) is 0 Å². The van der Waals surface area contributed by atoms with Gasteiger partial charge in [0.1, 0.15) is 0 Å². The first-order valence-electron chi connectivity index (χ1n) is 6.69. The Morgan fingerprint density at radius 3 is 2.53 bits per heavy atom. The molecule has 0 saturated carbocycles. The molecule has 0 aliphatic heterocycles. The minimum absolute atomic E-state index is 0.200. The number of hydrogen-bond acceptors (Lipinski definition) is 4. The van der Waals surface area contributed by atoms with E-state index in [-0.39, 0.29) is 11.3 Å². The topological polar surface area (TPSA) is 80.9 Å². The Morgan fingerprint density at radius 2 is 2.00 bits per heavy atom. The van der Waals surface area contributed by atoms with Crippen LogP contribution in [0.1, 0.15) is 46.9 Å². The van der Waals surface area contributed by atoms with Gasteiger partial charge in [0.15, 0.2) is 5.82 Å². The highest BCUT2D eigenvalue weighted by Crippen LogP contribution is 2.27. The van der Waals surface area contributed by atoms with Crippen LogP contribution in [0.5, 0.6) is 0 Å². The summed E-state index contributed by atoms with van der Waals surface area (Å²) in [7, 11) is 0. The van der Waals surface area contributed by atoms with Gasteiger partial charge in [0.25, 0.3) is 0 Å². The molecule has 0 radical (unpaired) electrons. The number of carboxylic acid groups (broad SMARTS) is 1. The lowest BCUT2D eigenvalue weighted by Crippen LogP contribution is -2.22. The number of nitrogens with zero attached hydrogens (tertiary/aromatic N) is 4. The number of aliphatic carboxylic acids is 1. The summed E-state index contributed by atoms with van der Waals surface area (Å²) in [4.78, 5) is 10.8. The van der Waals surface area contributed by atoms with Crippen LogP contribution < -0.4 is 0 Å². The molecule has 1 N–H and O–H groups in total. The fourth-order valence-corrected chi connectivity index (χ4v) is 1.56. The molecule has 2 unspecified atom stereocenters. The minimum atomic E-state index is -0.780. The number of hydrogen-bond donors (Lipinski definition) is 1. The summed E-state index contributed by atoms with van der Waals surface area (Å²) in [6, 6.07) is 0. The van der Waals surface area contributed by atoms with Crippen molar-refractivity contribution in [3.8, 4) is 0 Å².